The Labute approximate surface area is 92.5 Å². The molecule has 0 aromatic carbocycles. The molecular weight excluding hydrogens is 279 g/mol. The molecule has 2 rings (SSSR count). The van der Waals surface area contributed by atoms with Crippen LogP contribution in [0.25, 0.3) is 0 Å². The minimum Gasteiger partial charge on any atom is -0.462 e. The first kappa shape index (κ1) is 9.74. The van der Waals surface area contributed by atoms with Gasteiger partial charge in [0.2, 0.25) is 0 Å². The Kier molecular flexibility index (Phi) is 3.11. The summed E-state index contributed by atoms with van der Waals surface area (Å²) in [6.07, 6.45) is 8.57. The van der Waals surface area contributed by atoms with Gasteiger partial charge in [-0.1, -0.05) is 22.6 Å². The molecule has 1 heterocycles. The molecule has 2 nitrogen and oxygen atoms in total. The van der Waals surface area contributed by atoms with Gasteiger partial charge in [-0.15, -0.1) is 0 Å². The van der Waals surface area contributed by atoms with Crippen LogP contribution in [0.1, 0.15) is 19.3 Å². The zero-order valence-corrected chi connectivity index (χ0v) is 9.28. The number of halogens is 1. The minimum atomic E-state index is -0.0618. The van der Waals surface area contributed by atoms with E-state index in [0.717, 1.165) is 18.8 Å². The third kappa shape index (κ3) is 2.17. The molecule has 2 fully saturated rings. The maximum Gasteiger partial charge on any atom is 0.306 e. The second-order valence-electron chi connectivity index (χ2n) is 3.20. The quantitative estimate of drug-likeness (QED) is 0.546. The Morgan fingerprint density at radius 1 is 1.46 bits per heavy atom. The third-order valence-corrected chi connectivity index (χ3v) is 3.24. The summed E-state index contributed by atoms with van der Waals surface area (Å²) in [5.41, 5.74) is 0. The van der Waals surface area contributed by atoms with Crippen molar-refractivity contribution in [3.05, 3.63) is 29.1 Å². The molecule has 13 heavy (non-hydrogen) atoms. The van der Waals surface area contributed by atoms with Gasteiger partial charge in [0.1, 0.15) is 6.10 Å². The van der Waals surface area contributed by atoms with Gasteiger partial charge in [-0.05, 0) is 32.1 Å². The maximum atomic E-state index is 11.1. The lowest BCUT2D eigenvalue weighted by molar-refractivity contribution is -0.152. The fraction of sp³-hybridized carbons (Fsp3) is 0.400. The molecule has 1 aliphatic heterocycles. The van der Waals surface area contributed by atoms with Crippen molar-refractivity contribution in [2.45, 2.75) is 25.4 Å². The fourth-order valence-electron chi connectivity index (χ4n) is 1.60. The largest absolute Gasteiger partial charge is 0.462 e. The second kappa shape index (κ2) is 4.15. The molecule has 2 aliphatic rings. The van der Waals surface area contributed by atoms with E-state index in [2.05, 4.69) is 22.6 Å². The van der Waals surface area contributed by atoms with Crippen molar-refractivity contribution in [3.63, 3.8) is 0 Å². The Balaban J connectivity index is 1.95. The SMILES string of the molecule is O=C1CCC[C@@H]([C]2[CH][CH][CH][C]2I)O1. The van der Waals surface area contributed by atoms with Gasteiger partial charge >= 0.3 is 5.97 Å². The number of esters is 1. The first-order valence-electron chi connectivity index (χ1n) is 4.38. The molecule has 1 aliphatic carbocycles. The minimum absolute atomic E-state index is 0.00292. The zero-order valence-electron chi connectivity index (χ0n) is 7.13. The van der Waals surface area contributed by atoms with E-state index in [1.165, 1.54) is 3.92 Å². The molecule has 0 bridgehead atoms. The third-order valence-electron chi connectivity index (χ3n) is 2.26. The average molecular weight is 289 g/mol. The van der Waals surface area contributed by atoms with Crippen LogP contribution in [0.4, 0.5) is 0 Å². The monoisotopic (exact) mass is 289 g/mol. The highest BCUT2D eigenvalue weighted by Crippen LogP contribution is 2.43. The lowest BCUT2D eigenvalue weighted by atomic mass is 9.94. The number of rotatable bonds is 1. The van der Waals surface area contributed by atoms with Crippen molar-refractivity contribution in [2.24, 2.45) is 0 Å². The van der Waals surface area contributed by atoms with Crippen LogP contribution in [-0.2, 0) is 9.53 Å². The van der Waals surface area contributed by atoms with E-state index in [-0.39, 0.29) is 12.1 Å². The van der Waals surface area contributed by atoms with E-state index in [9.17, 15) is 4.79 Å². The number of hydrogen-bond donors (Lipinski definition) is 0. The van der Waals surface area contributed by atoms with Crippen molar-refractivity contribution < 1.29 is 9.53 Å². The molecule has 0 spiro atoms. The fourth-order valence-corrected chi connectivity index (χ4v) is 2.34. The Bertz CT molecular complexity index is 205. The van der Waals surface area contributed by atoms with Crippen molar-refractivity contribution in [3.8, 4) is 0 Å². The summed E-state index contributed by atoms with van der Waals surface area (Å²) in [6, 6.07) is 0. The van der Waals surface area contributed by atoms with Gasteiger partial charge in [0.05, 0.1) is 3.92 Å². The van der Waals surface area contributed by atoms with Gasteiger partial charge in [-0.2, -0.15) is 0 Å². The first-order chi connectivity index (χ1) is 6.27. The highest BCUT2D eigenvalue weighted by atomic mass is 127. The van der Waals surface area contributed by atoms with Crippen molar-refractivity contribution in [1.29, 1.82) is 0 Å². The summed E-state index contributed by atoms with van der Waals surface area (Å²) < 4.78 is 6.46. The number of cyclic esters (lactones) is 1. The average Bonchev–Trinajstić information content (AvgIpc) is 2.51. The van der Waals surface area contributed by atoms with E-state index in [1.807, 2.05) is 19.3 Å². The predicted octanol–water partition coefficient (Wildman–Crippen LogP) is 2.25. The van der Waals surface area contributed by atoms with Crippen molar-refractivity contribution >= 4 is 28.6 Å². The van der Waals surface area contributed by atoms with E-state index in [0.29, 0.717) is 6.42 Å². The van der Waals surface area contributed by atoms with Gasteiger partial charge in [0, 0.05) is 12.3 Å². The highest BCUT2D eigenvalue weighted by Gasteiger charge is 2.37. The Morgan fingerprint density at radius 3 is 2.92 bits per heavy atom. The van der Waals surface area contributed by atoms with Crippen LogP contribution in [0.5, 0.6) is 0 Å². The molecule has 1 atom stereocenters. The zero-order chi connectivity index (χ0) is 9.26. The van der Waals surface area contributed by atoms with Crippen LogP contribution in [0, 0.1) is 29.1 Å². The molecular formula is C10H10IO2. The van der Waals surface area contributed by atoms with Crippen molar-refractivity contribution in [1.82, 2.24) is 0 Å². The van der Waals surface area contributed by atoms with Gasteiger partial charge in [0.25, 0.3) is 0 Å². The molecule has 1 saturated carbocycles. The molecule has 0 aromatic rings. The Morgan fingerprint density at radius 2 is 2.31 bits per heavy atom. The molecule has 0 aromatic heterocycles. The molecule has 0 unspecified atom stereocenters. The van der Waals surface area contributed by atoms with Gasteiger partial charge in [-0.3, -0.25) is 4.79 Å². The number of hydrogen-bond acceptors (Lipinski definition) is 2. The lowest BCUT2D eigenvalue weighted by Crippen LogP contribution is -2.29. The van der Waals surface area contributed by atoms with Gasteiger partial charge < -0.3 is 4.74 Å². The highest BCUT2D eigenvalue weighted by molar-refractivity contribution is 14.1. The Hall–Kier alpha value is 0.200. The number of carbonyl (C=O) groups excluding carboxylic acids is 1. The topological polar surface area (TPSA) is 26.3 Å². The molecule has 1 saturated heterocycles. The van der Waals surface area contributed by atoms with Crippen LogP contribution in [-0.4, -0.2) is 12.1 Å². The van der Waals surface area contributed by atoms with E-state index < -0.39 is 0 Å². The van der Waals surface area contributed by atoms with Crippen LogP contribution in [0.15, 0.2) is 0 Å². The van der Waals surface area contributed by atoms with Crippen LogP contribution < -0.4 is 0 Å². The molecule has 3 heteroatoms. The summed E-state index contributed by atoms with van der Waals surface area (Å²) in [5.74, 6) is 1.10. The first-order valence-corrected chi connectivity index (χ1v) is 5.46. The van der Waals surface area contributed by atoms with Crippen LogP contribution in [0.3, 0.4) is 0 Å². The summed E-state index contributed by atoms with van der Waals surface area (Å²) >= 11 is 2.27. The standard InChI is InChI=1S/C10H10IO2/c11-8-4-1-3-7(8)9-5-2-6-10(12)13-9/h1,3-4,9H,2,5-6H2/t9-/m0/s1. The molecule has 69 valence electrons. The predicted molar refractivity (Wildman–Crippen MR) is 57.1 cm³/mol. The van der Waals surface area contributed by atoms with E-state index >= 15 is 0 Å². The maximum absolute atomic E-state index is 11.1. The summed E-state index contributed by atoms with van der Waals surface area (Å²) in [5, 5.41) is 0. The number of ether oxygens (including phenoxy) is 1. The molecule has 0 N–H and O–H groups in total. The van der Waals surface area contributed by atoms with Gasteiger partial charge in [-0.25, -0.2) is 0 Å². The summed E-state index contributed by atoms with van der Waals surface area (Å²) in [6.45, 7) is 0. The number of carbonyl (C=O) groups is 1. The van der Waals surface area contributed by atoms with Crippen LogP contribution in [0.2, 0.25) is 0 Å². The van der Waals surface area contributed by atoms with Gasteiger partial charge in [0.15, 0.2) is 0 Å². The van der Waals surface area contributed by atoms with Crippen molar-refractivity contribution in [2.75, 3.05) is 0 Å². The lowest BCUT2D eigenvalue weighted by Gasteiger charge is -2.28. The molecule has 0 amide bonds. The van der Waals surface area contributed by atoms with Crippen LogP contribution >= 0.6 is 22.6 Å². The van der Waals surface area contributed by atoms with E-state index in [1.54, 1.807) is 0 Å². The van der Waals surface area contributed by atoms with E-state index in [4.69, 9.17) is 4.74 Å². The summed E-state index contributed by atoms with van der Waals surface area (Å²) in [7, 11) is 0. The summed E-state index contributed by atoms with van der Waals surface area (Å²) in [4.78, 5) is 11.1. The smallest absolute Gasteiger partial charge is 0.306 e. The second-order valence-corrected chi connectivity index (χ2v) is 4.36. The normalized spacial score (nSPS) is 32.1. The molecule has 5 radical (unpaired) electrons.